The van der Waals surface area contributed by atoms with Crippen molar-refractivity contribution >= 4 is 8.60 Å². The highest BCUT2D eigenvalue weighted by molar-refractivity contribution is 7.40. The Morgan fingerprint density at radius 2 is 1.52 bits per heavy atom. The SMILES string of the molecule is CC1(C)[C@H]2CC[C@](C)(C2)[C@@]12O[P@](O)OC(C(F)(F)F)(C(F)(F)F)c1ccccc12. The summed E-state index contributed by atoms with van der Waals surface area (Å²) in [6, 6.07) is 4.57. The van der Waals surface area contributed by atoms with E-state index in [4.69, 9.17) is 4.52 Å². The molecular weight excluding hydrogens is 421 g/mol. The van der Waals surface area contributed by atoms with Gasteiger partial charge in [-0.3, -0.25) is 9.05 Å². The van der Waals surface area contributed by atoms with E-state index in [9.17, 15) is 31.2 Å². The first kappa shape index (κ1) is 21.3. The molecule has 1 aromatic rings. The van der Waals surface area contributed by atoms with Gasteiger partial charge in [-0.05, 0) is 30.7 Å². The van der Waals surface area contributed by atoms with Gasteiger partial charge in [-0.15, -0.1) is 0 Å². The van der Waals surface area contributed by atoms with Gasteiger partial charge in [-0.2, -0.15) is 26.3 Å². The number of hydrogen-bond donors (Lipinski definition) is 1. The number of rotatable bonds is 0. The molecule has 0 saturated heterocycles. The third-order valence-corrected chi connectivity index (χ3v) is 8.29. The summed E-state index contributed by atoms with van der Waals surface area (Å²) >= 11 is 0. The summed E-state index contributed by atoms with van der Waals surface area (Å²) in [5, 5.41) is 0. The smallest absolute Gasteiger partial charge is 0.328 e. The van der Waals surface area contributed by atoms with Crippen LogP contribution in [0.4, 0.5) is 26.3 Å². The van der Waals surface area contributed by atoms with E-state index in [0.717, 1.165) is 18.6 Å². The van der Waals surface area contributed by atoms with Crippen LogP contribution in [0.3, 0.4) is 0 Å². The van der Waals surface area contributed by atoms with Gasteiger partial charge in [0.25, 0.3) is 5.60 Å². The normalized spacial score (nSPS) is 38.1. The molecule has 2 saturated carbocycles. The zero-order chi connectivity index (χ0) is 21.7. The van der Waals surface area contributed by atoms with E-state index < -0.39 is 48.6 Å². The minimum absolute atomic E-state index is 0.0354. The molecule has 0 unspecified atom stereocenters. The van der Waals surface area contributed by atoms with Crippen molar-refractivity contribution in [3.05, 3.63) is 35.4 Å². The Bertz CT molecular complexity index is 817. The minimum atomic E-state index is -5.86. The van der Waals surface area contributed by atoms with E-state index in [0.29, 0.717) is 12.8 Å². The zero-order valence-electron chi connectivity index (χ0n) is 16.0. The van der Waals surface area contributed by atoms with E-state index in [1.165, 1.54) is 12.1 Å². The van der Waals surface area contributed by atoms with Gasteiger partial charge in [0, 0.05) is 16.4 Å². The van der Waals surface area contributed by atoms with Crippen LogP contribution in [0.25, 0.3) is 0 Å². The van der Waals surface area contributed by atoms with Crippen LogP contribution in [0.5, 0.6) is 0 Å². The predicted molar refractivity (Wildman–Crippen MR) is 92.4 cm³/mol. The standard InChI is InChI=1S/C19H21F6O3P/c1-14(2)11-8-9-15(3,10-11)16(14)12-6-4-5-7-13(12)17(18(20,21)22,19(23,24)25)28-29(26)27-16/h4-7,11,26H,8-10H2,1-3H3/t11-,15+,16-,29-/m0/s1. The molecule has 3 nitrogen and oxygen atoms in total. The first-order valence-corrected chi connectivity index (χ1v) is 10.4. The second-order valence-corrected chi connectivity index (χ2v) is 9.89. The molecule has 3 aliphatic rings. The van der Waals surface area contributed by atoms with Crippen molar-refractivity contribution in [3.8, 4) is 0 Å². The summed E-state index contributed by atoms with van der Waals surface area (Å²) in [5.41, 5.74) is -9.02. The van der Waals surface area contributed by atoms with E-state index in [2.05, 4.69) is 4.52 Å². The number of benzene rings is 1. The molecule has 4 atom stereocenters. The molecule has 1 heterocycles. The van der Waals surface area contributed by atoms with Crippen LogP contribution in [0.2, 0.25) is 0 Å². The molecule has 162 valence electrons. The van der Waals surface area contributed by atoms with Crippen LogP contribution >= 0.6 is 8.60 Å². The molecule has 29 heavy (non-hydrogen) atoms. The summed E-state index contributed by atoms with van der Waals surface area (Å²) in [6.07, 6.45) is -9.76. The van der Waals surface area contributed by atoms with Crippen molar-refractivity contribution in [2.24, 2.45) is 16.7 Å². The van der Waals surface area contributed by atoms with Gasteiger partial charge >= 0.3 is 21.0 Å². The largest absolute Gasteiger partial charge is 0.431 e. The topological polar surface area (TPSA) is 38.7 Å². The Labute approximate surface area is 165 Å². The van der Waals surface area contributed by atoms with Crippen LogP contribution < -0.4 is 0 Å². The molecule has 4 rings (SSSR count). The third kappa shape index (κ3) is 2.36. The minimum Gasteiger partial charge on any atom is -0.328 e. The fourth-order valence-corrected chi connectivity index (χ4v) is 7.53. The van der Waals surface area contributed by atoms with Crippen LogP contribution in [0.15, 0.2) is 24.3 Å². The lowest BCUT2D eigenvalue weighted by Crippen LogP contribution is -2.56. The third-order valence-electron chi connectivity index (χ3n) is 7.43. The number of hydrogen-bond acceptors (Lipinski definition) is 3. The molecule has 2 aliphatic carbocycles. The number of alkyl halides is 6. The van der Waals surface area contributed by atoms with Crippen LogP contribution in [0, 0.1) is 16.7 Å². The van der Waals surface area contributed by atoms with Gasteiger partial charge in [0.1, 0.15) is 5.60 Å². The molecule has 0 radical (unpaired) electrons. The first-order chi connectivity index (χ1) is 13.1. The molecule has 10 heteroatoms. The van der Waals surface area contributed by atoms with Gasteiger partial charge in [-0.1, -0.05) is 45.0 Å². The van der Waals surface area contributed by atoms with Gasteiger partial charge < -0.3 is 4.89 Å². The summed E-state index contributed by atoms with van der Waals surface area (Å²) in [7, 11) is -3.48. The molecule has 0 amide bonds. The van der Waals surface area contributed by atoms with Crippen molar-refractivity contribution < 1.29 is 40.3 Å². The first-order valence-electron chi connectivity index (χ1n) is 9.25. The Hall–Kier alpha value is -0.890. The van der Waals surface area contributed by atoms with Crippen molar-refractivity contribution in [3.63, 3.8) is 0 Å². The van der Waals surface area contributed by atoms with E-state index in [-0.39, 0.29) is 11.5 Å². The Morgan fingerprint density at radius 3 is 2.00 bits per heavy atom. The molecule has 0 aromatic heterocycles. The monoisotopic (exact) mass is 442 g/mol. The average molecular weight is 442 g/mol. The van der Waals surface area contributed by atoms with Crippen LogP contribution in [-0.2, 0) is 20.2 Å². The Morgan fingerprint density at radius 1 is 0.966 bits per heavy atom. The van der Waals surface area contributed by atoms with Crippen molar-refractivity contribution in [1.29, 1.82) is 0 Å². The molecule has 1 spiro atoms. The number of fused-ring (bicyclic) bond motifs is 5. The molecule has 2 bridgehead atoms. The fraction of sp³-hybridized carbons (Fsp3) is 0.684. The molecule has 2 fully saturated rings. The predicted octanol–water partition coefficient (Wildman–Crippen LogP) is 6.31. The second kappa shape index (κ2) is 5.87. The maximum atomic E-state index is 14.1. The number of halogens is 6. The van der Waals surface area contributed by atoms with Gasteiger partial charge in [0.15, 0.2) is 0 Å². The lowest BCUT2D eigenvalue weighted by atomic mass is 9.56. The van der Waals surface area contributed by atoms with Crippen molar-refractivity contribution in [2.75, 3.05) is 0 Å². The van der Waals surface area contributed by atoms with E-state index >= 15 is 0 Å². The lowest BCUT2D eigenvalue weighted by Gasteiger charge is -2.53. The molecule has 1 N–H and O–H groups in total. The highest BCUT2D eigenvalue weighted by Gasteiger charge is 2.80. The maximum Gasteiger partial charge on any atom is 0.431 e. The van der Waals surface area contributed by atoms with Gasteiger partial charge in [-0.25, -0.2) is 0 Å². The quantitative estimate of drug-likeness (QED) is 0.378. The van der Waals surface area contributed by atoms with E-state index in [1.807, 2.05) is 6.92 Å². The maximum absolute atomic E-state index is 14.1. The second-order valence-electron chi connectivity index (χ2n) is 9.05. The molecule has 1 aromatic carbocycles. The van der Waals surface area contributed by atoms with Gasteiger partial charge in [0.2, 0.25) is 0 Å². The molecular formula is C19H21F6O3P. The fourth-order valence-electron chi connectivity index (χ4n) is 6.16. The van der Waals surface area contributed by atoms with Gasteiger partial charge in [0.05, 0.1) is 0 Å². The molecule has 1 aliphatic heterocycles. The summed E-state index contributed by atoms with van der Waals surface area (Å²) < 4.78 is 94.7. The lowest BCUT2D eigenvalue weighted by molar-refractivity contribution is -0.366. The van der Waals surface area contributed by atoms with Crippen LogP contribution in [-0.4, -0.2) is 17.2 Å². The van der Waals surface area contributed by atoms with Crippen molar-refractivity contribution in [2.45, 2.75) is 63.6 Å². The van der Waals surface area contributed by atoms with Crippen molar-refractivity contribution in [1.82, 2.24) is 0 Å². The zero-order valence-corrected chi connectivity index (χ0v) is 16.9. The Balaban J connectivity index is 2.12. The summed E-state index contributed by atoms with van der Waals surface area (Å²) in [5.74, 6) is 0.0354. The Kier molecular flexibility index (Phi) is 4.32. The average Bonchev–Trinajstić information content (AvgIpc) is 2.99. The summed E-state index contributed by atoms with van der Waals surface area (Å²) in [4.78, 5) is 10.3. The summed E-state index contributed by atoms with van der Waals surface area (Å²) in [6.45, 7) is 5.39. The highest BCUT2D eigenvalue weighted by Crippen LogP contribution is 2.78. The highest BCUT2D eigenvalue weighted by atomic mass is 31.2. The van der Waals surface area contributed by atoms with Crippen LogP contribution in [0.1, 0.15) is 51.2 Å². The van der Waals surface area contributed by atoms with E-state index in [1.54, 1.807) is 13.8 Å².